The number of hydrogen-bond acceptors (Lipinski definition) is 8. The molecule has 2 aromatic carbocycles. The number of amides is 3. The number of anilines is 4. The fourth-order valence-electron chi connectivity index (χ4n) is 4.08. The highest BCUT2D eigenvalue weighted by Crippen LogP contribution is 2.39. The second kappa shape index (κ2) is 10.7. The quantitative estimate of drug-likeness (QED) is 0.264. The number of rotatable bonds is 7. The van der Waals surface area contributed by atoms with E-state index in [-0.39, 0.29) is 30.8 Å². The molecule has 2 aromatic heterocycles. The van der Waals surface area contributed by atoms with E-state index in [0.717, 1.165) is 22.6 Å². The summed E-state index contributed by atoms with van der Waals surface area (Å²) in [5.74, 6) is -2.29. The van der Waals surface area contributed by atoms with Crippen LogP contribution in [0.2, 0.25) is 0 Å². The lowest BCUT2D eigenvalue weighted by Gasteiger charge is -2.31. The number of aryl methyl sites for hydroxylation is 1. The number of aliphatic hydroxyl groups excluding tert-OH is 1. The summed E-state index contributed by atoms with van der Waals surface area (Å²) in [6.45, 7) is 3.44. The number of hydrogen-bond donors (Lipinski definition) is 4. The van der Waals surface area contributed by atoms with Crippen LogP contribution < -0.4 is 20.9 Å². The van der Waals surface area contributed by atoms with Crippen molar-refractivity contribution in [1.82, 2.24) is 20.3 Å². The van der Waals surface area contributed by atoms with Gasteiger partial charge in [-0.15, -0.1) is 11.3 Å². The van der Waals surface area contributed by atoms with Crippen molar-refractivity contribution in [2.75, 3.05) is 22.1 Å². The van der Waals surface area contributed by atoms with E-state index >= 15 is 0 Å². The number of fused-ring (bicyclic) bond motifs is 1. The van der Waals surface area contributed by atoms with E-state index in [4.69, 9.17) is 0 Å². The number of thiazole rings is 1. The van der Waals surface area contributed by atoms with Crippen molar-refractivity contribution in [2.45, 2.75) is 26.5 Å². The van der Waals surface area contributed by atoms with Crippen molar-refractivity contribution < 1.29 is 23.5 Å². The van der Waals surface area contributed by atoms with Crippen LogP contribution in [-0.4, -0.2) is 44.6 Å². The van der Waals surface area contributed by atoms with Crippen LogP contribution in [0.1, 0.15) is 28.4 Å². The van der Waals surface area contributed by atoms with Gasteiger partial charge < -0.3 is 15.7 Å². The summed E-state index contributed by atoms with van der Waals surface area (Å²) >= 11 is 1.28. The van der Waals surface area contributed by atoms with Gasteiger partial charge in [0, 0.05) is 34.8 Å². The van der Waals surface area contributed by atoms with Crippen LogP contribution in [0.3, 0.4) is 0 Å². The van der Waals surface area contributed by atoms with Gasteiger partial charge in [0.25, 0.3) is 5.91 Å². The van der Waals surface area contributed by atoms with Gasteiger partial charge in [-0.3, -0.25) is 10.1 Å². The average Bonchev–Trinajstić information content (AvgIpc) is 3.41. The second-order valence-corrected chi connectivity index (χ2v) is 9.71. The SMILES string of the molecule is Cc1ccc(C(=O)Nc2nccs2)cc1-c1nc(NC[C@@H](C)O)nc2c1CNC(=O)N2c1c(F)cccc1F. The van der Waals surface area contributed by atoms with Crippen molar-refractivity contribution in [1.29, 1.82) is 0 Å². The molecule has 13 heteroatoms. The Morgan fingerprint density at radius 3 is 2.69 bits per heavy atom. The molecule has 3 heterocycles. The smallest absolute Gasteiger partial charge is 0.328 e. The zero-order chi connectivity index (χ0) is 27.7. The van der Waals surface area contributed by atoms with E-state index in [2.05, 4.69) is 30.9 Å². The second-order valence-electron chi connectivity index (χ2n) is 8.81. The van der Waals surface area contributed by atoms with E-state index in [9.17, 15) is 23.5 Å². The van der Waals surface area contributed by atoms with Gasteiger partial charge in [-0.25, -0.2) is 28.4 Å². The zero-order valence-corrected chi connectivity index (χ0v) is 21.6. The molecule has 39 heavy (non-hydrogen) atoms. The minimum absolute atomic E-state index is 0.0261. The van der Waals surface area contributed by atoms with Crippen molar-refractivity contribution >= 4 is 45.9 Å². The van der Waals surface area contributed by atoms with Gasteiger partial charge in [0.2, 0.25) is 5.95 Å². The topological polar surface area (TPSA) is 132 Å². The molecular weight excluding hydrogens is 528 g/mol. The van der Waals surface area contributed by atoms with Crippen molar-refractivity contribution in [2.24, 2.45) is 0 Å². The molecule has 0 saturated carbocycles. The molecule has 1 atom stereocenters. The highest BCUT2D eigenvalue weighted by Gasteiger charge is 2.34. The predicted molar refractivity (Wildman–Crippen MR) is 143 cm³/mol. The summed E-state index contributed by atoms with van der Waals surface area (Å²) in [5.41, 5.74) is 1.77. The van der Waals surface area contributed by atoms with Gasteiger partial charge in [-0.1, -0.05) is 12.1 Å². The summed E-state index contributed by atoms with van der Waals surface area (Å²) in [4.78, 5) is 39.8. The minimum Gasteiger partial charge on any atom is -0.392 e. The number of aromatic nitrogens is 3. The molecule has 0 spiro atoms. The molecule has 4 aromatic rings. The van der Waals surface area contributed by atoms with Crippen LogP contribution in [0.5, 0.6) is 0 Å². The minimum atomic E-state index is -0.950. The monoisotopic (exact) mass is 551 g/mol. The standard InChI is InChI=1S/C26H23F2N7O3S/c1-13-6-7-15(23(37)34-25-29-8-9-39-25)10-16(13)20-17-12-31-26(38)35(21-18(27)4-3-5-19(21)28)22(17)33-24(32-20)30-11-14(2)36/h3-10,14,36H,11-12H2,1-2H3,(H,31,38)(H,29,34,37)(H,30,32,33)/t14-/m1/s1. The summed E-state index contributed by atoms with van der Waals surface area (Å²) in [6.07, 6.45) is 0.824. The maximum absolute atomic E-state index is 14.8. The first-order valence-corrected chi connectivity index (χ1v) is 12.8. The molecule has 0 radical (unpaired) electrons. The zero-order valence-electron chi connectivity index (χ0n) is 20.8. The molecule has 0 unspecified atom stereocenters. The number of carbonyl (C=O) groups is 2. The molecule has 5 rings (SSSR count). The summed E-state index contributed by atoms with van der Waals surface area (Å²) in [7, 11) is 0. The van der Waals surface area contributed by atoms with Crippen LogP contribution >= 0.6 is 11.3 Å². The van der Waals surface area contributed by atoms with Crippen molar-refractivity contribution in [3.63, 3.8) is 0 Å². The molecule has 1 aliphatic rings. The Bertz CT molecular complexity index is 1540. The van der Waals surface area contributed by atoms with E-state index in [1.165, 1.54) is 17.4 Å². The van der Waals surface area contributed by atoms with Crippen LogP contribution in [0.25, 0.3) is 11.3 Å². The number of benzene rings is 2. The van der Waals surface area contributed by atoms with Crippen LogP contribution in [0.4, 0.5) is 36.2 Å². The predicted octanol–water partition coefficient (Wildman–Crippen LogP) is 4.59. The normalized spacial score (nSPS) is 13.5. The Morgan fingerprint density at radius 1 is 1.23 bits per heavy atom. The fraction of sp³-hybridized carbons (Fsp3) is 0.192. The fourth-order valence-corrected chi connectivity index (χ4v) is 4.61. The van der Waals surface area contributed by atoms with Gasteiger partial charge in [0.1, 0.15) is 17.3 Å². The lowest BCUT2D eigenvalue weighted by molar-refractivity contribution is 0.102. The Balaban J connectivity index is 1.67. The van der Waals surface area contributed by atoms with Gasteiger partial charge in [0.15, 0.2) is 10.9 Å². The molecule has 0 bridgehead atoms. The third-order valence-electron chi connectivity index (χ3n) is 5.94. The number of para-hydroxylation sites is 1. The molecule has 0 saturated heterocycles. The first-order valence-electron chi connectivity index (χ1n) is 11.9. The van der Waals surface area contributed by atoms with E-state index < -0.39 is 29.5 Å². The molecular formula is C26H23F2N7O3S. The Hall–Kier alpha value is -4.49. The van der Waals surface area contributed by atoms with Gasteiger partial charge in [-0.2, -0.15) is 4.98 Å². The number of aliphatic hydroxyl groups is 1. The van der Waals surface area contributed by atoms with Crippen molar-refractivity contribution in [3.05, 3.63) is 76.3 Å². The van der Waals surface area contributed by atoms with Crippen LogP contribution in [0.15, 0.2) is 48.0 Å². The highest BCUT2D eigenvalue weighted by molar-refractivity contribution is 7.13. The molecule has 200 valence electrons. The first-order chi connectivity index (χ1) is 18.7. The first kappa shape index (κ1) is 26.1. The maximum atomic E-state index is 14.8. The van der Waals surface area contributed by atoms with Crippen molar-refractivity contribution in [3.8, 4) is 11.3 Å². The number of urea groups is 1. The molecule has 1 aliphatic heterocycles. The lowest BCUT2D eigenvalue weighted by Crippen LogP contribution is -2.43. The lowest BCUT2D eigenvalue weighted by atomic mass is 9.97. The van der Waals surface area contributed by atoms with Gasteiger partial charge >= 0.3 is 6.03 Å². The van der Waals surface area contributed by atoms with Gasteiger partial charge in [0.05, 0.1) is 18.3 Å². The number of nitrogens with one attached hydrogen (secondary N) is 3. The Morgan fingerprint density at radius 2 is 2.00 bits per heavy atom. The molecule has 0 aliphatic carbocycles. The largest absolute Gasteiger partial charge is 0.392 e. The number of carbonyl (C=O) groups excluding carboxylic acids is 2. The number of halogens is 2. The molecule has 0 fully saturated rings. The van der Waals surface area contributed by atoms with E-state index in [1.54, 1.807) is 36.7 Å². The average molecular weight is 552 g/mol. The van der Waals surface area contributed by atoms with Gasteiger partial charge in [-0.05, 0) is 43.7 Å². The summed E-state index contributed by atoms with van der Waals surface area (Å²) in [5, 5.41) is 20.2. The summed E-state index contributed by atoms with van der Waals surface area (Å²) < 4.78 is 29.7. The van der Waals surface area contributed by atoms with Crippen LogP contribution in [0, 0.1) is 18.6 Å². The number of nitrogens with zero attached hydrogens (tertiary/aromatic N) is 4. The van der Waals surface area contributed by atoms with Crippen LogP contribution in [-0.2, 0) is 6.54 Å². The maximum Gasteiger partial charge on any atom is 0.328 e. The Labute approximate surface area is 225 Å². The van der Waals surface area contributed by atoms with E-state index in [0.29, 0.717) is 27.5 Å². The van der Waals surface area contributed by atoms with E-state index in [1.807, 2.05) is 6.92 Å². The third kappa shape index (κ3) is 5.26. The molecule has 4 N–H and O–H groups in total. The third-order valence-corrected chi connectivity index (χ3v) is 6.63. The highest BCUT2D eigenvalue weighted by atomic mass is 32.1. The summed E-state index contributed by atoms with van der Waals surface area (Å²) in [6, 6.07) is 7.57. The molecule has 3 amide bonds. The molecule has 10 nitrogen and oxygen atoms in total. The Kier molecular flexibility index (Phi) is 7.17.